The van der Waals surface area contributed by atoms with Crippen LogP contribution >= 0.6 is 0 Å². The van der Waals surface area contributed by atoms with Crippen molar-refractivity contribution in [3.05, 3.63) is 70.6 Å². The number of esters is 1. The molecule has 1 saturated heterocycles. The number of phenols is 2. The zero-order chi connectivity index (χ0) is 25.1. The van der Waals surface area contributed by atoms with E-state index in [1.165, 1.54) is 42.5 Å². The molecule has 0 saturated carbocycles. The van der Waals surface area contributed by atoms with Gasteiger partial charge in [-0.2, -0.15) is 0 Å². The van der Waals surface area contributed by atoms with Gasteiger partial charge in [-0.15, -0.1) is 0 Å². The van der Waals surface area contributed by atoms with Crippen LogP contribution in [0.3, 0.4) is 0 Å². The number of carbonyl (C=O) groups is 1. The number of aliphatic hydroxyl groups excluding tert-OH is 3. The van der Waals surface area contributed by atoms with Gasteiger partial charge in [0.05, 0.1) is 0 Å². The molecule has 0 unspecified atom stereocenters. The van der Waals surface area contributed by atoms with Crippen LogP contribution in [0.15, 0.2) is 63.8 Å². The molecule has 0 radical (unpaired) electrons. The largest absolute Gasteiger partial charge is 0.504 e. The molecule has 0 bridgehead atoms. The summed E-state index contributed by atoms with van der Waals surface area (Å²) in [4.78, 5) is 23.5. The lowest BCUT2D eigenvalue weighted by molar-refractivity contribution is -0.278. The van der Waals surface area contributed by atoms with Gasteiger partial charge in [0.1, 0.15) is 42.4 Å². The highest BCUT2D eigenvalue weighted by Gasteiger charge is 2.45. The van der Waals surface area contributed by atoms with E-state index in [0.29, 0.717) is 10.9 Å². The summed E-state index contributed by atoms with van der Waals surface area (Å²) in [6, 6.07) is 11.4. The maximum absolute atomic E-state index is 12.1. The van der Waals surface area contributed by atoms with Crippen molar-refractivity contribution in [2.45, 2.75) is 30.7 Å². The van der Waals surface area contributed by atoms with Crippen molar-refractivity contribution in [3.63, 3.8) is 0 Å². The van der Waals surface area contributed by atoms with E-state index in [-0.39, 0.29) is 22.8 Å². The van der Waals surface area contributed by atoms with Gasteiger partial charge in [0.15, 0.2) is 11.5 Å². The Morgan fingerprint density at radius 3 is 2.49 bits per heavy atom. The average Bonchev–Trinajstić information content (AvgIpc) is 2.84. The summed E-state index contributed by atoms with van der Waals surface area (Å²) in [7, 11) is 0. The predicted octanol–water partition coefficient (Wildman–Crippen LogP) is 0.647. The number of hydrogen-bond acceptors (Lipinski definition) is 11. The van der Waals surface area contributed by atoms with E-state index in [0.717, 1.165) is 6.08 Å². The van der Waals surface area contributed by atoms with Crippen LogP contribution in [0, 0.1) is 0 Å². The summed E-state index contributed by atoms with van der Waals surface area (Å²) in [5, 5.41) is 50.2. The molecule has 1 aliphatic heterocycles. The molecule has 1 aromatic heterocycles. The third kappa shape index (κ3) is 5.61. The Bertz CT molecular complexity index is 1300. The fraction of sp³-hybridized carbons (Fsp3) is 0.250. The highest BCUT2D eigenvalue weighted by molar-refractivity contribution is 5.87. The number of rotatable bonds is 6. The first-order valence-corrected chi connectivity index (χ1v) is 10.5. The summed E-state index contributed by atoms with van der Waals surface area (Å²) in [5.74, 6) is -1.31. The van der Waals surface area contributed by atoms with Gasteiger partial charge in [0.2, 0.25) is 6.29 Å². The molecular weight excluding hydrogens is 464 g/mol. The standard InChI is InChI=1S/C24H22O11/c25-15-6-1-12(9-16(15)26)2-7-19(27)32-11-18-21(29)22(30)23(31)24(35-18)33-14-5-3-13-4-8-20(28)34-17(13)10-14/h1-10,18,21-26,29-31H,11H2/b7-2+/t18-,21-,22+,23-,24-/m1/s1. The van der Waals surface area contributed by atoms with Crippen LogP contribution in [0.1, 0.15) is 5.56 Å². The molecule has 1 fully saturated rings. The van der Waals surface area contributed by atoms with Crippen LogP contribution in [-0.2, 0) is 14.3 Å². The summed E-state index contributed by atoms with van der Waals surface area (Å²) in [6.45, 7) is -0.471. The average molecular weight is 486 g/mol. The number of hydrogen-bond donors (Lipinski definition) is 5. The number of benzene rings is 2. The van der Waals surface area contributed by atoms with Crippen molar-refractivity contribution < 1.29 is 49.0 Å². The van der Waals surface area contributed by atoms with Crippen molar-refractivity contribution in [2.24, 2.45) is 0 Å². The second-order valence-corrected chi connectivity index (χ2v) is 7.80. The normalized spacial score (nSPS) is 24.5. The summed E-state index contributed by atoms with van der Waals surface area (Å²) < 4.78 is 21.3. The summed E-state index contributed by atoms with van der Waals surface area (Å²) >= 11 is 0. The van der Waals surface area contributed by atoms with Gasteiger partial charge >= 0.3 is 11.6 Å². The van der Waals surface area contributed by atoms with Crippen LogP contribution < -0.4 is 10.4 Å². The molecule has 0 aliphatic carbocycles. The van der Waals surface area contributed by atoms with Crippen LogP contribution in [0.4, 0.5) is 0 Å². The third-order valence-corrected chi connectivity index (χ3v) is 5.32. The molecule has 184 valence electrons. The number of carbonyl (C=O) groups excluding carboxylic acids is 1. The van der Waals surface area contributed by atoms with Gasteiger partial charge in [-0.1, -0.05) is 6.07 Å². The smallest absolute Gasteiger partial charge is 0.336 e. The van der Waals surface area contributed by atoms with Crippen LogP contribution in [0.2, 0.25) is 0 Å². The Balaban J connectivity index is 1.40. The number of ether oxygens (including phenoxy) is 3. The Labute approximate surface area is 197 Å². The van der Waals surface area contributed by atoms with E-state index in [4.69, 9.17) is 18.6 Å². The molecule has 0 spiro atoms. The minimum Gasteiger partial charge on any atom is -0.504 e. The lowest BCUT2D eigenvalue weighted by Gasteiger charge is -2.39. The number of aliphatic hydroxyl groups is 3. The maximum Gasteiger partial charge on any atom is 0.336 e. The Morgan fingerprint density at radius 1 is 0.943 bits per heavy atom. The molecule has 11 nitrogen and oxygen atoms in total. The second kappa shape index (κ2) is 10.2. The van der Waals surface area contributed by atoms with E-state index in [1.807, 2.05) is 0 Å². The molecule has 5 N–H and O–H groups in total. The van der Waals surface area contributed by atoms with E-state index >= 15 is 0 Å². The molecule has 1 aliphatic rings. The topological polar surface area (TPSA) is 176 Å². The van der Waals surface area contributed by atoms with Crippen LogP contribution in [0.25, 0.3) is 17.0 Å². The predicted molar refractivity (Wildman–Crippen MR) is 120 cm³/mol. The number of aromatic hydroxyl groups is 2. The van der Waals surface area contributed by atoms with Gasteiger partial charge in [-0.05, 0) is 42.0 Å². The summed E-state index contributed by atoms with van der Waals surface area (Å²) in [6.07, 6.45) is -5.13. The van der Waals surface area contributed by atoms with Gasteiger partial charge in [-0.25, -0.2) is 9.59 Å². The van der Waals surface area contributed by atoms with Crippen molar-refractivity contribution in [2.75, 3.05) is 6.61 Å². The number of phenolic OH excluding ortho intramolecular Hbond substituents is 2. The molecule has 2 aromatic carbocycles. The van der Waals surface area contributed by atoms with E-state index in [1.54, 1.807) is 12.1 Å². The van der Waals surface area contributed by atoms with E-state index in [9.17, 15) is 35.1 Å². The third-order valence-electron chi connectivity index (χ3n) is 5.32. The maximum atomic E-state index is 12.1. The lowest BCUT2D eigenvalue weighted by atomic mass is 9.99. The first-order chi connectivity index (χ1) is 16.7. The fourth-order valence-corrected chi connectivity index (χ4v) is 3.42. The van der Waals surface area contributed by atoms with Crippen molar-refractivity contribution in [1.29, 1.82) is 0 Å². The van der Waals surface area contributed by atoms with Crippen molar-refractivity contribution >= 4 is 23.0 Å². The zero-order valence-electron chi connectivity index (χ0n) is 18.1. The first kappa shape index (κ1) is 24.2. The molecule has 11 heteroatoms. The summed E-state index contributed by atoms with van der Waals surface area (Å²) in [5.41, 5.74) is 0.102. The quantitative estimate of drug-likeness (QED) is 0.143. The van der Waals surface area contributed by atoms with Crippen LogP contribution in [0.5, 0.6) is 17.2 Å². The Morgan fingerprint density at radius 2 is 1.71 bits per heavy atom. The zero-order valence-corrected chi connectivity index (χ0v) is 18.1. The highest BCUT2D eigenvalue weighted by atomic mass is 16.7. The Hall–Kier alpha value is -3.90. The minimum atomic E-state index is -1.66. The second-order valence-electron chi connectivity index (χ2n) is 7.80. The minimum absolute atomic E-state index is 0.162. The van der Waals surface area contributed by atoms with Crippen molar-refractivity contribution in [3.8, 4) is 17.2 Å². The molecule has 3 aromatic rings. The monoisotopic (exact) mass is 486 g/mol. The van der Waals surface area contributed by atoms with Gasteiger partial charge in [0, 0.05) is 23.6 Å². The molecule has 0 amide bonds. The van der Waals surface area contributed by atoms with Crippen molar-refractivity contribution in [1.82, 2.24) is 0 Å². The van der Waals surface area contributed by atoms with E-state index in [2.05, 4.69) is 0 Å². The van der Waals surface area contributed by atoms with Crippen LogP contribution in [-0.4, -0.2) is 68.8 Å². The number of fused-ring (bicyclic) bond motifs is 1. The molecular formula is C24H22O11. The Kier molecular flexibility index (Phi) is 7.03. The molecule has 5 atom stereocenters. The molecule has 35 heavy (non-hydrogen) atoms. The highest BCUT2D eigenvalue weighted by Crippen LogP contribution is 2.27. The van der Waals surface area contributed by atoms with Gasteiger partial charge < -0.3 is 44.2 Å². The lowest BCUT2D eigenvalue weighted by Crippen LogP contribution is -2.60. The SMILES string of the molecule is O=C(/C=C/c1ccc(O)c(O)c1)OC[C@H]1O[C@@H](Oc2ccc3ccc(=O)oc3c2)[C@H](O)[C@@H](O)[C@@H]1O. The fourth-order valence-electron chi connectivity index (χ4n) is 3.42. The van der Waals surface area contributed by atoms with Gasteiger partial charge in [0.25, 0.3) is 0 Å². The molecule has 2 heterocycles. The van der Waals surface area contributed by atoms with Gasteiger partial charge in [-0.3, -0.25) is 0 Å². The first-order valence-electron chi connectivity index (χ1n) is 10.5. The molecule has 4 rings (SSSR count). The van der Waals surface area contributed by atoms with E-state index < -0.39 is 48.9 Å².